The lowest BCUT2D eigenvalue weighted by Gasteiger charge is -2.22. The highest BCUT2D eigenvalue weighted by molar-refractivity contribution is 7.99. The third kappa shape index (κ3) is 4.84. The molecule has 0 aliphatic carbocycles. The Morgan fingerprint density at radius 1 is 1.16 bits per heavy atom. The number of ether oxygens (including phenoxy) is 1. The number of thioether (sulfide) groups is 1. The highest BCUT2D eigenvalue weighted by Crippen LogP contribution is 2.24. The van der Waals surface area contributed by atoms with Gasteiger partial charge in [0.1, 0.15) is 5.75 Å². The zero-order valence-electron chi connectivity index (χ0n) is 13.8. The monoisotopic (exact) mass is 370 g/mol. The molecule has 2 aromatic heterocycles. The Labute approximate surface area is 155 Å². The number of nitrogens with zero attached hydrogens (tertiary/aromatic N) is 2. The highest BCUT2D eigenvalue weighted by atomic mass is 32.2. The first kappa shape index (κ1) is 17.5. The third-order valence-corrected chi connectivity index (χ3v) is 5.35. The van der Waals surface area contributed by atoms with E-state index in [2.05, 4.69) is 4.98 Å². The zero-order chi connectivity index (χ0) is 17.5. The number of rotatable bonds is 7. The smallest absolute Gasteiger partial charge is 0.237 e. The molecule has 0 unspecified atom stereocenters. The summed E-state index contributed by atoms with van der Waals surface area (Å²) in [4.78, 5) is 20.1. The molecule has 0 N–H and O–H groups in total. The normalized spacial score (nSPS) is 10.4. The van der Waals surface area contributed by atoms with E-state index in [1.807, 2.05) is 60.0 Å². The average Bonchev–Trinajstić information content (AvgIpc) is 3.18. The number of carbonyl (C=O) groups is 1. The highest BCUT2D eigenvalue weighted by Gasteiger charge is 2.17. The van der Waals surface area contributed by atoms with Crippen LogP contribution in [0.15, 0.2) is 71.2 Å². The fraction of sp³-hybridized carbons (Fsp3) is 0.158. The van der Waals surface area contributed by atoms with Gasteiger partial charge in [-0.25, -0.2) is 4.98 Å². The van der Waals surface area contributed by atoms with Gasteiger partial charge < -0.3 is 9.64 Å². The minimum Gasteiger partial charge on any atom is -0.497 e. The first-order chi connectivity index (χ1) is 12.3. The molecule has 0 aliphatic rings. The Morgan fingerprint density at radius 2 is 2.00 bits per heavy atom. The number of anilines is 1. The predicted molar refractivity (Wildman–Crippen MR) is 103 cm³/mol. The average molecular weight is 370 g/mol. The van der Waals surface area contributed by atoms with Gasteiger partial charge in [0.05, 0.1) is 24.4 Å². The lowest BCUT2D eigenvalue weighted by Crippen LogP contribution is -2.31. The maximum Gasteiger partial charge on any atom is 0.237 e. The third-order valence-electron chi connectivity index (χ3n) is 3.56. The lowest BCUT2D eigenvalue weighted by molar-refractivity contribution is -0.116. The van der Waals surface area contributed by atoms with Crippen molar-refractivity contribution in [3.8, 4) is 5.75 Å². The molecule has 128 valence electrons. The number of thiophene rings is 1. The van der Waals surface area contributed by atoms with Crippen LogP contribution in [0.2, 0.25) is 0 Å². The van der Waals surface area contributed by atoms with E-state index < -0.39 is 0 Å². The molecule has 2 heterocycles. The SMILES string of the molecule is COc1ccc(N(Cc2cccs2)C(=O)CSc2ccccn2)cc1. The van der Waals surface area contributed by atoms with Crippen LogP contribution < -0.4 is 9.64 Å². The first-order valence-electron chi connectivity index (χ1n) is 7.77. The number of methoxy groups -OCH3 is 1. The second kappa shape index (κ2) is 8.69. The Hall–Kier alpha value is -2.31. The van der Waals surface area contributed by atoms with Crippen LogP contribution in [-0.2, 0) is 11.3 Å². The Kier molecular flexibility index (Phi) is 6.09. The summed E-state index contributed by atoms with van der Waals surface area (Å²) >= 11 is 3.10. The molecule has 4 nitrogen and oxygen atoms in total. The molecule has 0 radical (unpaired) electrons. The molecule has 0 bridgehead atoms. The molecule has 0 spiro atoms. The number of hydrogen-bond donors (Lipinski definition) is 0. The minimum atomic E-state index is 0.0502. The molecule has 0 fully saturated rings. The van der Waals surface area contributed by atoms with Crippen LogP contribution >= 0.6 is 23.1 Å². The molecule has 3 aromatic rings. The molecule has 0 aliphatic heterocycles. The van der Waals surface area contributed by atoms with Crippen LogP contribution in [0, 0.1) is 0 Å². The Morgan fingerprint density at radius 3 is 2.64 bits per heavy atom. The summed E-state index contributed by atoms with van der Waals surface area (Å²) in [5, 5.41) is 2.87. The van der Waals surface area contributed by atoms with Crippen LogP contribution in [0.25, 0.3) is 0 Å². The first-order valence-corrected chi connectivity index (χ1v) is 9.63. The number of pyridine rings is 1. The van der Waals surface area contributed by atoms with Crippen LogP contribution in [0.5, 0.6) is 5.75 Å². The standard InChI is InChI=1S/C19H18N2O2S2/c1-23-16-9-7-15(8-10-16)21(13-17-5-4-12-24-17)19(22)14-25-18-6-2-3-11-20-18/h2-12H,13-14H2,1H3. The summed E-state index contributed by atoms with van der Waals surface area (Å²) in [7, 11) is 1.63. The van der Waals surface area contributed by atoms with E-state index >= 15 is 0 Å². The van der Waals surface area contributed by atoms with E-state index in [-0.39, 0.29) is 5.91 Å². The van der Waals surface area contributed by atoms with Crippen LogP contribution in [-0.4, -0.2) is 23.8 Å². The minimum absolute atomic E-state index is 0.0502. The topological polar surface area (TPSA) is 42.4 Å². The van der Waals surface area contributed by atoms with E-state index in [4.69, 9.17) is 4.74 Å². The summed E-state index contributed by atoms with van der Waals surface area (Å²) < 4.78 is 5.21. The molecule has 1 amide bonds. The van der Waals surface area contributed by atoms with Crippen LogP contribution in [0.4, 0.5) is 5.69 Å². The maximum absolute atomic E-state index is 12.8. The van der Waals surface area contributed by atoms with Crippen molar-refractivity contribution < 1.29 is 9.53 Å². The van der Waals surface area contributed by atoms with E-state index in [0.717, 1.165) is 21.3 Å². The van der Waals surface area contributed by atoms with E-state index in [1.54, 1.807) is 29.5 Å². The molecule has 1 aromatic carbocycles. The van der Waals surface area contributed by atoms with E-state index in [1.165, 1.54) is 11.8 Å². The van der Waals surface area contributed by atoms with Crippen LogP contribution in [0.1, 0.15) is 4.88 Å². The quantitative estimate of drug-likeness (QED) is 0.575. The van der Waals surface area contributed by atoms with Crippen LogP contribution in [0.3, 0.4) is 0 Å². The molecule has 25 heavy (non-hydrogen) atoms. The lowest BCUT2D eigenvalue weighted by atomic mass is 10.2. The largest absolute Gasteiger partial charge is 0.497 e. The fourth-order valence-electron chi connectivity index (χ4n) is 2.29. The number of benzene rings is 1. The summed E-state index contributed by atoms with van der Waals surface area (Å²) in [6.07, 6.45) is 1.74. The van der Waals surface area contributed by atoms with Gasteiger partial charge in [-0.2, -0.15) is 0 Å². The van der Waals surface area contributed by atoms with Gasteiger partial charge in [-0.3, -0.25) is 4.79 Å². The Bertz CT molecular complexity index is 790. The molecular formula is C19H18N2O2S2. The van der Waals surface area contributed by atoms with Crippen molar-refractivity contribution in [1.82, 2.24) is 4.98 Å². The van der Waals surface area contributed by atoms with Gasteiger partial charge in [0.2, 0.25) is 5.91 Å². The number of hydrogen-bond acceptors (Lipinski definition) is 5. The number of aromatic nitrogens is 1. The maximum atomic E-state index is 12.8. The van der Waals surface area contributed by atoms with Gasteiger partial charge in [0.25, 0.3) is 0 Å². The number of carbonyl (C=O) groups excluding carboxylic acids is 1. The zero-order valence-corrected chi connectivity index (χ0v) is 15.4. The molecule has 6 heteroatoms. The molecule has 3 rings (SSSR count). The van der Waals surface area contributed by atoms with Gasteiger partial charge in [-0.05, 0) is 47.8 Å². The fourth-order valence-corrected chi connectivity index (χ4v) is 3.72. The van der Waals surface area contributed by atoms with Gasteiger partial charge in [-0.1, -0.05) is 23.9 Å². The summed E-state index contributed by atoms with van der Waals surface area (Å²) in [5.41, 5.74) is 0.862. The predicted octanol–water partition coefficient (Wildman–Crippen LogP) is 4.48. The summed E-state index contributed by atoms with van der Waals surface area (Å²) in [5.74, 6) is 1.17. The van der Waals surface area contributed by atoms with Gasteiger partial charge in [-0.15, -0.1) is 11.3 Å². The molecule has 0 saturated carbocycles. The van der Waals surface area contributed by atoms with Crippen molar-refractivity contribution in [3.63, 3.8) is 0 Å². The van der Waals surface area contributed by atoms with Crippen molar-refractivity contribution in [2.24, 2.45) is 0 Å². The van der Waals surface area contributed by atoms with Crippen molar-refractivity contribution in [2.45, 2.75) is 11.6 Å². The van der Waals surface area contributed by atoms with Crippen molar-refractivity contribution in [2.75, 3.05) is 17.8 Å². The van der Waals surface area contributed by atoms with Crippen molar-refractivity contribution in [3.05, 3.63) is 71.1 Å². The van der Waals surface area contributed by atoms with Gasteiger partial charge in [0, 0.05) is 16.8 Å². The second-order valence-corrected chi connectivity index (χ2v) is 7.24. The van der Waals surface area contributed by atoms with Crippen molar-refractivity contribution >= 4 is 34.7 Å². The second-order valence-electron chi connectivity index (χ2n) is 5.21. The summed E-state index contributed by atoms with van der Waals surface area (Å²) in [6.45, 7) is 0.561. The Balaban J connectivity index is 1.75. The number of amides is 1. The van der Waals surface area contributed by atoms with Crippen molar-refractivity contribution in [1.29, 1.82) is 0 Å². The van der Waals surface area contributed by atoms with E-state index in [0.29, 0.717) is 12.3 Å². The molecule has 0 saturated heterocycles. The van der Waals surface area contributed by atoms with Gasteiger partial charge >= 0.3 is 0 Å². The molecular weight excluding hydrogens is 352 g/mol. The van der Waals surface area contributed by atoms with E-state index in [9.17, 15) is 4.79 Å². The summed E-state index contributed by atoms with van der Waals surface area (Å²) in [6, 6.07) is 17.3. The van der Waals surface area contributed by atoms with Gasteiger partial charge in [0.15, 0.2) is 0 Å². The molecule has 0 atom stereocenters.